The summed E-state index contributed by atoms with van der Waals surface area (Å²) in [6.45, 7) is 3.73. The van der Waals surface area contributed by atoms with Crippen LogP contribution in [-0.4, -0.2) is 10.1 Å². The van der Waals surface area contributed by atoms with Crippen LogP contribution in [0.15, 0.2) is 22.7 Å². The van der Waals surface area contributed by atoms with Gasteiger partial charge in [0.25, 0.3) is 0 Å². The van der Waals surface area contributed by atoms with Crippen LogP contribution < -0.4 is 0 Å². The molecule has 1 N–H and O–H groups in total. The summed E-state index contributed by atoms with van der Waals surface area (Å²) in [5, 5.41) is 10.8. The standard InChI is InChI=1S/C14H13BrF3NOS/c1-7-8(2)21-13(19-7)6-12(20)10-4-3-9(15)5-11(10)14(16,17)18/h3-5,12,20H,6H2,1-2H3. The second kappa shape index (κ2) is 6.06. The van der Waals surface area contributed by atoms with Gasteiger partial charge in [-0.3, -0.25) is 0 Å². The average molecular weight is 380 g/mol. The number of aromatic nitrogens is 1. The molecule has 21 heavy (non-hydrogen) atoms. The zero-order valence-corrected chi connectivity index (χ0v) is 13.7. The van der Waals surface area contributed by atoms with Gasteiger partial charge in [0.15, 0.2) is 0 Å². The van der Waals surface area contributed by atoms with Crippen molar-refractivity contribution in [2.45, 2.75) is 32.5 Å². The number of halogens is 4. The van der Waals surface area contributed by atoms with Crippen molar-refractivity contribution >= 4 is 27.3 Å². The zero-order valence-electron chi connectivity index (χ0n) is 11.3. The molecule has 2 nitrogen and oxygen atoms in total. The molecule has 0 spiro atoms. The van der Waals surface area contributed by atoms with Crippen molar-refractivity contribution in [3.05, 3.63) is 49.4 Å². The summed E-state index contributed by atoms with van der Waals surface area (Å²) in [6.07, 6.45) is -5.67. The van der Waals surface area contributed by atoms with Crippen molar-refractivity contribution in [1.29, 1.82) is 0 Å². The molecular formula is C14H13BrF3NOS. The second-order valence-electron chi connectivity index (χ2n) is 4.70. The number of thiazole rings is 1. The summed E-state index contributed by atoms with van der Waals surface area (Å²) >= 11 is 4.42. The van der Waals surface area contributed by atoms with E-state index in [9.17, 15) is 18.3 Å². The molecule has 114 valence electrons. The zero-order chi connectivity index (χ0) is 15.8. The van der Waals surface area contributed by atoms with Crippen LogP contribution in [0.25, 0.3) is 0 Å². The maximum absolute atomic E-state index is 13.1. The highest BCUT2D eigenvalue weighted by atomic mass is 79.9. The van der Waals surface area contributed by atoms with Crippen LogP contribution >= 0.6 is 27.3 Å². The fourth-order valence-corrected chi connectivity index (χ4v) is 3.30. The lowest BCUT2D eigenvalue weighted by Gasteiger charge is -2.17. The monoisotopic (exact) mass is 379 g/mol. The predicted molar refractivity (Wildman–Crippen MR) is 79.4 cm³/mol. The van der Waals surface area contributed by atoms with E-state index in [4.69, 9.17) is 0 Å². The summed E-state index contributed by atoms with van der Waals surface area (Å²) in [7, 11) is 0. The van der Waals surface area contributed by atoms with Gasteiger partial charge in [0.1, 0.15) is 0 Å². The van der Waals surface area contributed by atoms with Gasteiger partial charge in [-0.25, -0.2) is 4.98 Å². The molecule has 1 aromatic heterocycles. The van der Waals surface area contributed by atoms with Crippen molar-refractivity contribution in [3.63, 3.8) is 0 Å². The minimum atomic E-state index is -4.51. The Balaban J connectivity index is 2.32. The number of hydrogen-bond acceptors (Lipinski definition) is 3. The Kier molecular flexibility index (Phi) is 4.75. The molecule has 0 aliphatic rings. The number of aliphatic hydroxyl groups is 1. The number of hydrogen-bond donors (Lipinski definition) is 1. The first-order chi connectivity index (χ1) is 9.68. The molecule has 0 amide bonds. The minimum Gasteiger partial charge on any atom is -0.388 e. The van der Waals surface area contributed by atoms with Crippen molar-refractivity contribution in [2.75, 3.05) is 0 Å². The van der Waals surface area contributed by atoms with E-state index in [-0.39, 0.29) is 12.0 Å². The van der Waals surface area contributed by atoms with E-state index in [1.54, 1.807) is 0 Å². The van der Waals surface area contributed by atoms with E-state index in [1.807, 2.05) is 13.8 Å². The molecule has 0 saturated carbocycles. The summed E-state index contributed by atoms with van der Waals surface area (Å²) in [4.78, 5) is 5.26. The van der Waals surface area contributed by atoms with Crippen LogP contribution in [0.5, 0.6) is 0 Å². The van der Waals surface area contributed by atoms with Crippen molar-refractivity contribution in [3.8, 4) is 0 Å². The first kappa shape index (κ1) is 16.5. The third-order valence-corrected chi connectivity index (χ3v) is 4.71. The summed E-state index contributed by atoms with van der Waals surface area (Å²) in [5.41, 5.74) is -0.111. The highest BCUT2D eigenvalue weighted by Gasteiger charge is 2.35. The number of alkyl halides is 3. The Morgan fingerprint density at radius 3 is 2.52 bits per heavy atom. The van der Waals surface area contributed by atoms with Gasteiger partial charge < -0.3 is 5.11 Å². The summed E-state index contributed by atoms with van der Waals surface area (Å²) in [5.74, 6) is 0. The van der Waals surface area contributed by atoms with E-state index in [2.05, 4.69) is 20.9 Å². The third kappa shape index (κ3) is 3.84. The van der Waals surface area contributed by atoms with Crippen LogP contribution in [0.2, 0.25) is 0 Å². The molecule has 1 unspecified atom stereocenters. The molecule has 1 heterocycles. The van der Waals surface area contributed by atoms with Gasteiger partial charge >= 0.3 is 6.18 Å². The maximum atomic E-state index is 13.1. The molecule has 2 aromatic rings. The quantitative estimate of drug-likeness (QED) is 0.829. The summed E-state index contributed by atoms with van der Waals surface area (Å²) < 4.78 is 39.5. The van der Waals surface area contributed by atoms with Crippen LogP contribution in [0.3, 0.4) is 0 Å². The van der Waals surface area contributed by atoms with Crippen LogP contribution in [0.4, 0.5) is 13.2 Å². The average Bonchev–Trinajstić information content (AvgIpc) is 2.66. The Morgan fingerprint density at radius 2 is 2.00 bits per heavy atom. The highest BCUT2D eigenvalue weighted by molar-refractivity contribution is 9.10. The molecule has 2 rings (SSSR count). The molecule has 0 fully saturated rings. The van der Waals surface area contributed by atoms with Crippen LogP contribution in [0, 0.1) is 13.8 Å². The van der Waals surface area contributed by atoms with Gasteiger partial charge in [0.05, 0.1) is 22.4 Å². The lowest BCUT2D eigenvalue weighted by Crippen LogP contribution is -2.13. The van der Waals surface area contributed by atoms with E-state index in [0.29, 0.717) is 9.48 Å². The Labute approximate surface area is 132 Å². The molecule has 0 aliphatic heterocycles. The van der Waals surface area contributed by atoms with Gasteiger partial charge in [-0.2, -0.15) is 13.2 Å². The highest BCUT2D eigenvalue weighted by Crippen LogP contribution is 2.37. The summed E-state index contributed by atoms with van der Waals surface area (Å²) in [6, 6.07) is 3.77. The van der Waals surface area contributed by atoms with Crippen molar-refractivity contribution in [2.24, 2.45) is 0 Å². The number of nitrogens with zero attached hydrogens (tertiary/aromatic N) is 1. The maximum Gasteiger partial charge on any atom is 0.416 e. The lowest BCUT2D eigenvalue weighted by atomic mass is 10.00. The van der Waals surface area contributed by atoms with E-state index in [0.717, 1.165) is 16.6 Å². The van der Waals surface area contributed by atoms with Crippen LogP contribution in [0.1, 0.15) is 32.8 Å². The normalized spacial score (nSPS) is 13.5. The molecular weight excluding hydrogens is 367 g/mol. The van der Waals surface area contributed by atoms with Crippen molar-refractivity contribution < 1.29 is 18.3 Å². The molecule has 7 heteroatoms. The van der Waals surface area contributed by atoms with Gasteiger partial charge in [-0.05, 0) is 31.5 Å². The van der Waals surface area contributed by atoms with Gasteiger partial charge in [-0.15, -0.1) is 11.3 Å². The first-order valence-electron chi connectivity index (χ1n) is 6.16. The minimum absolute atomic E-state index is 0.0735. The Hall–Kier alpha value is -0.920. The fraction of sp³-hybridized carbons (Fsp3) is 0.357. The number of aryl methyl sites for hydroxylation is 2. The van der Waals surface area contributed by atoms with E-state index in [1.165, 1.54) is 23.5 Å². The third-order valence-electron chi connectivity index (χ3n) is 3.12. The SMILES string of the molecule is Cc1nc(CC(O)c2ccc(Br)cc2C(F)(F)F)sc1C. The molecule has 0 aliphatic carbocycles. The lowest BCUT2D eigenvalue weighted by molar-refractivity contribution is -0.139. The first-order valence-corrected chi connectivity index (χ1v) is 7.77. The number of rotatable bonds is 3. The Morgan fingerprint density at radius 1 is 1.33 bits per heavy atom. The largest absolute Gasteiger partial charge is 0.416 e. The van der Waals surface area contributed by atoms with Crippen molar-refractivity contribution in [1.82, 2.24) is 4.98 Å². The van der Waals surface area contributed by atoms with Crippen LogP contribution in [-0.2, 0) is 12.6 Å². The van der Waals surface area contributed by atoms with Gasteiger partial charge in [0.2, 0.25) is 0 Å². The topological polar surface area (TPSA) is 33.1 Å². The molecule has 0 saturated heterocycles. The second-order valence-corrected chi connectivity index (χ2v) is 6.90. The predicted octanol–water partition coefficient (Wildman–Crippen LogP) is 4.82. The number of benzene rings is 1. The smallest absolute Gasteiger partial charge is 0.388 e. The van der Waals surface area contributed by atoms with Gasteiger partial charge in [-0.1, -0.05) is 22.0 Å². The fourth-order valence-electron chi connectivity index (χ4n) is 1.97. The number of aliphatic hydroxyl groups excluding tert-OH is 1. The molecule has 1 atom stereocenters. The van der Waals surface area contributed by atoms with E-state index >= 15 is 0 Å². The molecule has 0 bridgehead atoms. The van der Waals surface area contributed by atoms with Gasteiger partial charge in [0, 0.05) is 15.8 Å². The van der Waals surface area contributed by atoms with E-state index < -0.39 is 17.8 Å². The molecule has 0 radical (unpaired) electrons. The Bertz CT molecular complexity index is 635. The molecule has 1 aromatic carbocycles.